The molecule has 1 saturated heterocycles. The Morgan fingerprint density at radius 1 is 1.47 bits per heavy atom. The van der Waals surface area contributed by atoms with E-state index in [0.717, 1.165) is 0 Å². The molecule has 5 nitrogen and oxygen atoms in total. The summed E-state index contributed by atoms with van der Waals surface area (Å²) in [6.45, 7) is 5.92. The average Bonchev–Trinajstić information content (AvgIpc) is 2.25. The molecule has 0 amide bonds. The minimum atomic E-state index is -2.88. The molecule has 0 aliphatic carbocycles. The lowest BCUT2D eigenvalue weighted by Crippen LogP contribution is -2.45. The first-order valence-electron chi connectivity index (χ1n) is 5.00. The van der Waals surface area contributed by atoms with Gasteiger partial charge in [-0.2, -0.15) is 0 Å². The zero-order valence-electron chi connectivity index (χ0n) is 9.45. The van der Waals surface area contributed by atoms with Gasteiger partial charge in [-0.25, -0.2) is 13.4 Å². The van der Waals surface area contributed by atoms with Crippen LogP contribution < -0.4 is 11.1 Å². The summed E-state index contributed by atoms with van der Waals surface area (Å²) in [7, 11) is -2.88. The van der Waals surface area contributed by atoms with Crippen LogP contribution in [-0.2, 0) is 9.84 Å². The maximum Gasteiger partial charge on any atom is 0.189 e. The smallest absolute Gasteiger partial charge is 0.189 e. The van der Waals surface area contributed by atoms with Crippen LogP contribution >= 0.6 is 0 Å². The topological polar surface area (TPSA) is 84.5 Å². The molecule has 6 heteroatoms. The standard InChI is InChI=1S/C9H19N3O2S/c1-9(2,3)12-8(10)11-7-4-5-15(13,14)6-7/h7H,4-6H2,1-3H3,(H3,10,11,12). The van der Waals surface area contributed by atoms with E-state index in [1.807, 2.05) is 20.8 Å². The van der Waals surface area contributed by atoms with Crippen molar-refractivity contribution in [2.45, 2.75) is 38.8 Å². The van der Waals surface area contributed by atoms with Crippen LogP contribution in [0, 0.1) is 0 Å². The summed E-state index contributed by atoms with van der Waals surface area (Å²) in [5, 5.41) is 3.01. The van der Waals surface area contributed by atoms with E-state index in [0.29, 0.717) is 12.4 Å². The monoisotopic (exact) mass is 233 g/mol. The van der Waals surface area contributed by atoms with Crippen LogP contribution in [0.25, 0.3) is 0 Å². The lowest BCUT2D eigenvalue weighted by Gasteiger charge is -2.21. The van der Waals surface area contributed by atoms with Crippen molar-refractivity contribution >= 4 is 15.8 Å². The van der Waals surface area contributed by atoms with Crippen LogP contribution in [-0.4, -0.2) is 37.5 Å². The summed E-state index contributed by atoms with van der Waals surface area (Å²) >= 11 is 0. The van der Waals surface area contributed by atoms with Gasteiger partial charge in [0.2, 0.25) is 0 Å². The summed E-state index contributed by atoms with van der Waals surface area (Å²) in [6, 6.07) is -0.176. The fraction of sp³-hybridized carbons (Fsp3) is 0.889. The molecule has 1 atom stereocenters. The Kier molecular flexibility index (Phi) is 3.28. The van der Waals surface area contributed by atoms with Gasteiger partial charge in [-0.3, -0.25) is 0 Å². The highest BCUT2D eigenvalue weighted by Gasteiger charge is 2.27. The molecule has 1 aliphatic rings. The molecule has 1 aliphatic heterocycles. The van der Waals surface area contributed by atoms with Crippen LogP contribution in [0.4, 0.5) is 0 Å². The first-order valence-corrected chi connectivity index (χ1v) is 6.82. The van der Waals surface area contributed by atoms with Gasteiger partial charge in [-0.15, -0.1) is 0 Å². The SMILES string of the molecule is CC(C)(C)NC(N)=NC1CCS(=O)(=O)C1. The predicted molar refractivity (Wildman–Crippen MR) is 61.6 cm³/mol. The summed E-state index contributed by atoms with van der Waals surface area (Å²) in [5.41, 5.74) is 5.52. The molecule has 0 aromatic carbocycles. The van der Waals surface area contributed by atoms with Gasteiger partial charge in [0.05, 0.1) is 17.5 Å². The highest BCUT2D eigenvalue weighted by atomic mass is 32.2. The van der Waals surface area contributed by atoms with Gasteiger partial charge in [-0.1, -0.05) is 0 Å². The van der Waals surface area contributed by atoms with Gasteiger partial charge >= 0.3 is 0 Å². The van der Waals surface area contributed by atoms with Crippen LogP contribution in [0.2, 0.25) is 0 Å². The molecule has 15 heavy (non-hydrogen) atoms. The molecule has 0 spiro atoms. The Labute approximate surface area is 91.1 Å². The number of guanidine groups is 1. The minimum absolute atomic E-state index is 0.125. The van der Waals surface area contributed by atoms with E-state index in [-0.39, 0.29) is 23.1 Å². The Balaban J connectivity index is 2.58. The van der Waals surface area contributed by atoms with Crippen LogP contribution in [0.1, 0.15) is 27.2 Å². The molecule has 1 unspecified atom stereocenters. The molecular weight excluding hydrogens is 214 g/mol. The number of sulfone groups is 1. The van der Waals surface area contributed by atoms with E-state index >= 15 is 0 Å². The Morgan fingerprint density at radius 3 is 2.47 bits per heavy atom. The maximum atomic E-state index is 11.2. The molecule has 1 rings (SSSR count). The third-order valence-corrected chi connectivity index (χ3v) is 3.78. The van der Waals surface area contributed by atoms with E-state index < -0.39 is 9.84 Å². The molecule has 0 aromatic heterocycles. The van der Waals surface area contributed by atoms with Crippen molar-refractivity contribution in [1.29, 1.82) is 0 Å². The van der Waals surface area contributed by atoms with E-state index in [1.165, 1.54) is 0 Å². The fourth-order valence-corrected chi connectivity index (χ4v) is 3.12. The molecule has 0 saturated carbocycles. The maximum absolute atomic E-state index is 11.2. The van der Waals surface area contributed by atoms with E-state index in [1.54, 1.807) is 0 Å². The van der Waals surface area contributed by atoms with Gasteiger partial charge in [0.25, 0.3) is 0 Å². The van der Waals surface area contributed by atoms with Gasteiger partial charge in [0.1, 0.15) is 0 Å². The van der Waals surface area contributed by atoms with Crippen LogP contribution in [0.15, 0.2) is 4.99 Å². The third-order valence-electron chi connectivity index (χ3n) is 2.03. The van der Waals surface area contributed by atoms with Crippen molar-refractivity contribution in [3.05, 3.63) is 0 Å². The quantitative estimate of drug-likeness (QED) is 0.488. The van der Waals surface area contributed by atoms with Crippen LogP contribution in [0.3, 0.4) is 0 Å². The van der Waals surface area contributed by atoms with Crippen LogP contribution in [0.5, 0.6) is 0 Å². The Bertz CT molecular complexity index is 354. The molecule has 0 aromatic rings. The van der Waals surface area contributed by atoms with E-state index in [4.69, 9.17) is 5.73 Å². The normalized spacial score (nSPS) is 26.6. The number of nitrogens with one attached hydrogen (secondary N) is 1. The van der Waals surface area contributed by atoms with E-state index in [9.17, 15) is 8.42 Å². The van der Waals surface area contributed by atoms with Gasteiger partial charge in [0.15, 0.2) is 15.8 Å². The Morgan fingerprint density at radius 2 is 2.07 bits per heavy atom. The molecule has 3 N–H and O–H groups in total. The summed E-state index contributed by atoms with van der Waals surface area (Å²) < 4.78 is 22.4. The number of aliphatic imine (C=N–C) groups is 1. The molecule has 1 fully saturated rings. The number of nitrogens with zero attached hydrogens (tertiary/aromatic N) is 1. The average molecular weight is 233 g/mol. The summed E-state index contributed by atoms with van der Waals surface area (Å²) in [6.07, 6.45) is 0.578. The highest BCUT2D eigenvalue weighted by molar-refractivity contribution is 7.91. The number of rotatable bonds is 1. The Hall–Kier alpha value is -0.780. The van der Waals surface area contributed by atoms with Crippen molar-refractivity contribution in [3.63, 3.8) is 0 Å². The number of nitrogens with two attached hydrogens (primary N) is 1. The van der Waals surface area contributed by atoms with Gasteiger partial charge in [0, 0.05) is 5.54 Å². The number of hydrogen-bond donors (Lipinski definition) is 2. The van der Waals surface area contributed by atoms with E-state index in [2.05, 4.69) is 10.3 Å². The van der Waals surface area contributed by atoms with Crippen molar-refractivity contribution in [3.8, 4) is 0 Å². The molecule has 0 radical (unpaired) electrons. The second-order valence-corrected chi connectivity index (χ2v) is 7.17. The largest absolute Gasteiger partial charge is 0.370 e. The first-order chi connectivity index (χ1) is 6.68. The molecule has 1 heterocycles. The summed E-state index contributed by atoms with van der Waals surface area (Å²) in [5.74, 6) is 0.674. The van der Waals surface area contributed by atoms with Crippen molar-refractivity contribution < 1.29 is 8.42 Å². The molecular formula is C9H19N3O2S. The van der Waals surface area contributed by atoms with Crippen molar-refractivity contribution in [2.24, 2.45) is 10.7 Å². The third kappa shape index (κ3) is 4.51. The molecule has 88 valence electrons. The molecule has 0 bridgehead atoms. The zero-order valence-corrected chi connectivity index (χ0v) is 10.3. The first kappa shape index (κ1) is 12.3. The fourth-order valence-electron chi connectivity index (χ4n) is 1.49. The lowest BCUT2D eigenvalue weighted by atomic mass is 10.1. The number of hydrogen-bond acceptors (Lipinski definition) is 3. The van der Waals surface area contributed by atoms with Crippen molar-refractivity contribution in [2.75, 3.05) is 11.5 Å². The van der Waals surface area contributed by atoms with Crippen molar-refractivity contribution in [1.82, 2.24) is 5.32 Å². The lowest BCUT2D eigenvalue weighted by molar-refractivity contribution is 0.506. The zero-order chi connectivity index (χ0) is 11.7. The minimum Gasteiger partial charge on any atom is -0.370 e. The van der Waals surface area contributed by atoms with Gasteiger partial charge < -0.3 is 11.1 Å². The summed E-state index contributed by atoms with van der Waals surface area (Å²) in [4.78, 5) is 4.16. The second-order valence-electron chi connectivity index (χ2n) is 4.95. The second kappa shape index (κ2) is 4.00. The predicted octanol–water partition coefficient (Wildman–Crippen LogP) is -0.124. The van der Waals surface area contributed by atoms with Gasteiger partial charge in [-0.05, 0) is 27.2 Å². The highest BCUT2D eigenvalue weighted by Crippen LogP contribution is 2.14.